The summed E-state index contributed by atoms with van der Waals surface area (Å²) in [5.41, 5.74) is 6.53. The summed E-state index contributed by atoms with van der Waals surface area (Å²) in [5, 5.41) is 2.73. The lowest BCUT2D eigenvalue weighted by Gasteiger charge is -2.08. The molecule has 1 rings (SSSR count). The smallest absolute Gasteiger partial charge is 0.323 e. The van der Waals surface area contributed by atoms with Gasteiger partial charge in [0.1, 0.15) is 11.0 Å². The summed E-state index contributed by atoms with van der Waals surface area (Å²) in [6, 6.07) is -0.613. The summed E-state index contributed by atoms with van der Waals surface area (Å²) >= 11 is 2.99. The number of carbonyl (C=O) groups is 2. The molecule has 20 heavy (non-hydrogen) atoms. The number of esters is 1. The van der Waals surface area contributed by atoms with E-state index >= 15 is 0 Å². The number of carbonyl (C=O) groups excluding carboxylic acids is 2. The van der Waals surface area contributed by atoms with Crippen molar-refractivity contribution in [2.45, 2.75) is 18.2 Å². The molecule has 0 fully saturated rings. The normalized spacial score (nSPS) is 12.0. The number of thiazole rings is 1. The van der Waals surface area contributed by atoms with E-state index in [1.165, 1.54) is 30.2 Å². The quantitative estimate of drug-likeness (QED) is 0.737. The molecule has 0 saturated carbocycles. The largest absolute Gasteiger partial charge is 0.468 e. The van der Waals surface area contributed by atoms with E-state index in [0.29, 0.717) is 17.9 Å². The molecule has 112 valence electrons. The minimum Gasteiger partial charge on any atom is -0.468 e. The first-order valence-electron chi connectivity index (χ1n) is 5.98. The molecule has 0 spiro atoms. The molecule has 0 radical (unpaired) electrons. The third-order valence-corrected chi connectivity index (χ3v) is 4.44. The van der Waals surface area contributed by atoms with Crippen LogP contribution in [0.3, 0.4) is 0 Å². The van der Waals surface area contributed by atoms with Gasteiger partial charge in [-0.15, -0.1) is 11.3 Å². The number of hydrogen-bond acceptors (Lipinski definition) is 7. The van der Waals surface area contributed by atoms with Crippen molar-refractivity contribution in [3.63, 3.8) is 0 Å². The molecule has 1 heterocycles. The highest BCUT2D eigenvalue weighted by Crippen LogP contribution is 2.17. The standard InChI is InChI=1S/C12H19N3O3S2/c1-15(2)11(16)4-10-14-8(6-20-10)5-19-7-9(13)12(17)18-3/h6,9H,4-5,7,13H2,1-3H3. The zero-order chi connectivity index (χ0) is 15.1. The van der Waals surface area contributed by atoms with E-state index in [4.69, 9.17) is 5.73 Å². The Balaban J connectivity index is 2.37. The van der Waals surface area contributed by atoms with Crippen LogP contribution in [0.5, 0.6) is 0 Å². The van der Waals surface area contributed by atoms with E-state index in [2.05, 4.69) is 9.72 Å². The van der Waals surface area contributed by atoms with Gasteiger partial charge in [-0.1, -0.05) is 0 Å². The Bertz CT molecular complexity index is 463. The lowest BCUT2D eigenvalue weighted by molar-refractivity contribution is -0.141. The van der Waals surface area contributed by atoms with Crippen molar-refractivity contribution in [2.75, 3.05) is 27.0 Å². The summed E-state index contributed by atoms with van der Waals surface area (Å²) in [6.45, 7) is 0. The number of nitrogens with two attached hydrogens (primary N) is 1. The Labute approximate surface area is 126 Å². The fourth-order valence-corrected chi connectivity index (χ4v) is 3.05. The average molecular weight is 317 g/mol. The molecule has 1 aromatic rings. The van der Waals surface area contributed by atoms with Gasteiger partial charge in [-0.25, -0.2) is 4.98 Å². The number of methoxy groups -OCH3 is 1. The lowest BCUT2D eigenvalue weighted by atomic mass is 10.4. The molecule has 0 aliphatic carbocycles. The van der Waals surface area contributed by atoms with Crippen molar-refractivity contribution in [3.05, 3.63) is 16.1 Å². The molecule has 0 saturated heterocycles. The maximum absolute atomic E-state index is 11.6. The second-order valence-electron chi connectivity index (χ2n) is 4.34. The predicted octanol–water partition coefficient (Wildman–Crippen LogP) is 0.507. The molecule has 0 aromatic carbocycles. The molecule has 8 heteroatoms. The summed E-state index contributed by atoms with van der Waals surface area (Å²) in [6.07, 6.45) is 0.323. The zero-order valence-electron chi connectivity index (χ0n) is 11.8. The van der Waals surface area contributed by atoms with Gasteiger partial charge in [0.15, 0.2) is 0 Å². The molecule has 0 aliphatic heterocycles. The average Bonchev–Trinajstić information content (AvgIpc) is 2.85. The highest BCUT2D eigenvalue weighted by Gasteiger charge is 2.14. The van der Waals surface area contributed by atoms with Crippen LogP contribution in [0.1, 0.15) is 10.7 Å². The summed E-state index contributed by atoms with van der Waals surface area (Å²) < 4.78 is 4.55. The first kappa shape index (κ1) is 16.9. The molecule has 0 aliphatic rings. The van der Waals surface area contributed by atoms with Crippen molar-refractivity contribution < 1.29 is 14.3 Å². The van der Waals surface area contributed by atoms with Gasteiger partial charge in [0, 0.05) is 31.0 Å². The molecule has 1 amide bonds. The van der Waals surface area contributed by atoms with Crippen LogP contribution in [0.15, 0.2) is 5.38 Å². The van der Waals surface area contributed by atoms with E-state index < -0.39 is 12.0 Å². The Hall–Kier alpha value is -1.12. The minimum atomic E-state index is -0.613. The van der Waals surface area contributed by atoms with E-state index in [9.17, 15) is 9.59 Å². The van der Waals surface area contributed by atoms with Crippen molar-refractivity contribution in [1.29, 1.82) is 0 Å². The fourth-order valence-electron chi connectivity index (χ4n) is 1.29. The predicted molar refractivity (Wildman–Crippen MR) is 80.7 cm³/mol. The minimum absolute atomic E-state index is 0.0336. The molecule has 1 unspecified atom stereocenters. The van der Waals surface area contributed by atoms with Gasteiger partial charge in [0.25, 0.3) is 0 Å². The highest BCUT2D eigenvalue weighted by molar-refractivity contribution is 7.98. The molecular weight excluding hydrogens is 298 g/mol. The van der Waals surface area contributed by atoms with Crippen LogP contribution in [0.25, 0.3) is 0 Å². The molecule has 6 nitrogen and oxygen atoms in total. The Morgan fingerprint density at radius 3 is 2.85 bits per heavy atom. The van der Waals surface area contributed by atoms with Gasteiger partial charge in [-0.3, -0.25) is 9.59 Å². The van der Waals surface area contributed by atoms with Gasteiger partial charge in [0.2, 0.25) is 5.91 Å². The van der Waals surface area contributed by atoms with Gasteiger partial charge in [0.05, 0.1) is 19.2 Å². The van der Waals surface area contributed by atoms with Crippen molar-refractivity contribution in [1.82, 2.24) is 9.88 Å². The first-order valence-corrected chi connectivity index (χ1v) is 8.02. The van der Waals surface area contributed by atoms with Crippen LogP contribution in [-0.4, -0.2) is 54.8 Å². The molecule has 1 atom stereocenters. The third kappa shape index (κ3) is 5.48. The van der Waals surface area contributed by atoms with Crippen LogP contribution in [-0.2, 0) is 26.5 Å². The Kier molecular flexibility index (Phi) is 6.97. The maximum Gasteiger partial charge on any atom is 0.323 e. The molecule has 0 bridgehead atoms. The fraction of sp³-hybridized carbons (Fsp3) is 0.583. The van der Waals surface area contributed by atoms with Gasteiger partial charge in [-0.2, -0.15) is 11.8 Å². The van der Waals surface area contributed by atoms with E-state index in [1.807, 2.05) is 5.38 Å². The number of thioether (sulfide) groups is 1. The lowest BCUT2D eigenvalue weighted by Crippen LogP contribution is -2.33. The topological polar surface area (TPSA) is 85.5 Å². The van der Waals surface area contributed by atoms with Crippen LogP contribution in [0, 0.1) is 0 Å². The molecule has 2 N–H and O–H groups in total. The van der Waals surface area contributed by atoms with Crippen molar-refractivity contribution >= 4 is 35.0 Å². The van der Waals surface area contributed by atoms with Crippen LogP contribution >= 0.6 is 23.1 Å². The second-order valence-corrected chi connectivity index (χ2v) is 6.32. The molecular formula is C12H19N3O3S2. The summed E-state index contributed by atoms with van der Waals surface area (Å²) in [5.74, 6) is 0.771. The molecule has 1 aromatic heterocycles. The number of amides is 1. The maximum atomic E-state index is 11.6. The number of aromatic nitrogens is 1. The number of likely N-dealkylation sites (N-methyl/N-ethyl adjacent to an activating group) is 1. The van der Waals surface area contributed by atoms with E-state index in [-0.39, 0.29) is 5.91 Å². The van der Waals surface area contributed by atoms with Gasteiger partial charge < -0.3 is 15.4 Å². The number of hydrogen-bond donors (Lipinski definition) is 1. The number of nitrogens with zero attached hydrogens (tertiary/aromatic N) is 2. The zero-order valence-corrected chi connectivity index (χ0v) is 13.4. The van der Waals surface area contributed by atoms with Crippen molar-refractivity contribution in [3.8, 4) is 0 Å². The number of rotatable bonds is 7. The van der Waals surface area contributed by atoms with E-state index in [0.717, 1.165) is 10.7 Å². The first-order chi connectivity index (χ1) is 9.43. The summed E-state index contributed by atoms with van der Waals surface area (Å²) in [4.78, 5) is 28.6. The second kappa shape index (κ2) is 8.23. The third-order valence-electron chi connectivity index (χ3n) is 2.45. The summed E-state index contributed by atoms with van der Waals surface area (Å²) in [7, 11) is 4.77. The van der Waals surface area contributed by atoms with Crippen LogP contribution in [0.4, 0.5) is 0 Å². The highest BCUT2D eigenvalue weighted by atomic mass is 32.2. The van der Waals surface area contributed by atoms with Gasteiger partial charge in [-0.05, 0) is 0 Å². The monoisotopic (exact) mass is 317 g/mol. The van der Waals surface area contributed by atoms with Crippen LogP contribution < -0.4 is 5.73 Å². The Morgan fingerprint density at radius 1 is 1.55 bits per heavy atom. The van der Waals surface area contributed by atoms with Crippen molar-refractivity contribution in [2.24, 2.45) is 5.73 Å². The van der Waals surface area contributed by atoms with E-state index in [1.54, 1.807) is 19.0 Å². The van der Waals surface area contributed by atoms with Gasteiger partial charge >= 0.3 is 5.97 Å². The SMILES string of the molecule is COC(=O)C(N)CSCc1csc(CC(=O)N(C)C)n1. The number of ether oxygens (including phenoxy) is 1. The Morgan fingerprint density at radius 2 is 2.25 bits per heavy atom. The van der Waals surface area contributed by atoms with Crippen LogP contribution in [0.2, 0.25) is 0 Å².